The number of aryl methyl sites for hydroxylation is 2. The Hall–Kier alpha value is -6.23. The smallest absolute Gasteiger partial charge is 0.246 e. The first kappa shape index (κ1) is 54.7. The number of aromatic nitrogens is 3. The average molecular weight is 1000 g/mol. The predicted molar refractivity (Wildman–Crippen MR) is 265 cm³/mol. The summed E-state index contributed by atoms with van der Waals surface area (Å²) < 4.78 is 1.54. The van der Waals surface area contributed by atoms with Crippen molar-refractivity contribution in [1.29, 1.82) is 0 Å². The van der Waals surface area contributed by atoms with Gasteiger partial charge in [0.2, 0.25) is 35.4 Å². The van der Waals surface area contributed by atoms with Crippen LogP contribution in [0.25, 0.3) is 10.4 Å². The van der Waals surface area contributed by atoms with Gasteiger partial charge in [0.15, 0.2) is 0 Å². The lowest BCUT2D eigenvalue weighted by Gasteiger charge is -2.31. The van der Waals surface area contributed by atoms with Crippen molar-refractivity contribution in [2.45, 2.75) is 138 Å². The Morgan fingerprint density at radius 3 is 1.84 bits per heavy atom. The molecular weight excluding hydrogens is 940 g/mol. The lowest BCUT2D eigenvalue weighted by molar-refractivity contribution is -0.141. The summed E-state index contributed by atoms with van der Waals surface area (Å²) in [5.74, 6) is -0.239. The largest absolute Gasteiger partial charge is 0.347 e. The van der Waals surface area contributed by atoms with Gasteiger partial charge < -0.3 is 41.7 Å². The summed E-state index contributed by atoms with van der Waals surface area (Å²) in [6.45, 7) is 3.28. The van der Waals surface area contributed by atoms with Gasteiger partial charge in [0.25, 0.3) is 0 Å². The first-order chi connectivity index (χ1) is 32.8. The summed E-state index contributed by atoms with van der Waals surface area (Å²) in [7, 11) is 3.24. The standard InChI is InChI=1S/C48H62N14O6.2ClH/c1-6-13-39(54-43(63)28(2)50-4)47(67)61-27-34(24-42(61)46(66)53-38-21-12-17-31-15-8-10-19-36(31)38)62-26-32(57-59-62)22-40(55-44(64)29(3)51-5)48(68)60-25-33(56-58-49)23-41(60)45(65)52-37-20-11-16-30-14-7-9-18-35(30)37;;/h1,7-10,14-15,18-19,26,28-29,33-34,37-42,50-51H,11-13,16-17,20-25,27H2,2-5H3,(H,52,65)(H,53,66)(H,54,63)(H,55,64);2*1H/t28-,29-,33-,34-,37+,38+,39-,40-,41-,42-;;/m0../s1. The van der Waals surface area contributed by atoms with Crippen LogP contribution >= 0.6 is 24.8 Å². The SMILES string of the molecule is C#CC[C@H](NC(=O)[C@H](C)NC)C(=O)N1C[C@@H](n2cc(C[C@H](NC(=O)[C@H](C)NC)C(=O)N3C[C@@H](N=[N+]=[N-])C[C@H]3C(=O)N[C@@H]3CCCc4ccccc43)nn2)C[C@H]1C(=O)N[C@@H]1CCCc2ccccc21.Cl.Cl. The predicted octanol–water partition coefficient (Wildman–Crippen LogP) is 2.68. The highest BCUT2D eigenvalue weighted by Gasteiger charge is 2.45. The topological polar surface area (TPSA) is 261 Å². The third-order valence-electron chi connectivity index (χ3n) is 13.9. The molecule has 2 aliphatic carbocycles. The summed E-state index contributed by atoms with van der Waals surface area (Å²) in [6.07, 6.45) is 12.3. The highest BCUT2D eigenvalue weighted by atomic mass is 35.5. The van der Waals surface area contributed by atoms with E-state index in [1.807, 2.05) is 42.5 Å². The third kappa shape index (κ3) is 12.6. The van der Waals surface area contributed by atoms with Crippen LogP contribution in [0.1, 0.15) is 105 Å². The molecule has 2 aliphatic heterocycles. The second kappa shape index (κ2) is 25.1. The summed E-state index contributed by atoms with van der Waals surface area (Å²) in [6, 6.07) is 8.58. The van der Waals surface area contributed by atoms with Gasteiger partial charge in [-0.15, -0.1) is 42.3 Å². The van der Waals surface area contributed by atoms with Crippen molar-refractivity contribution in [3.63, 3.8) is 0 Å². The van der Waals surface area contributed by atoms with Crippen LogP contribution in [0.2, 0.25) is 0 Å². The van der Waals surface area contributed by atoms with Gasteiger partial charge in [-0.05, 0) is 101 Å². The van der Waals surface area contributed by atoms with E-state index in [2.05, 4.69) is 64.2 Å². The zero-order valence-electron chi connectivity index (χ0n) is 39.9. The molecule has 3 aromatic rings. The summed E-state index contributed by atoms with van der Waals surface area (Å²) >= 11 is 0. The molecule has 1 aromatic heterocycles. The normalized spacial score (nSPS) is 22.9. The monoisotopic (exact) mass is 1000 g/mol. The Bertz CT molecular complexity index is 2460. The molecule has 70 heavy (non-hydrogen) atoms. The van der Waals surface area contributed by atoms with Gasteiger partial charge in [-0.2, -0.15) is 0 Å². The maximum Gasteiger partial charge on any atom is 0.246 e. The van der Waals surface area contributed by atoms with Gasteiger partial charge in [0.1, 0.15) is 24.2 Å². The molecule has 2 fully saturated rings. The minimum atomic E-state index is -1.22. The van der Waals surface area contributed by atoms with Crippen molar-refractivity contribution in [2.75, 3.05) is 27.2 Å². The number of halogens is 2. The Morgan fingerprint density at radius 2 is 1.30 bits per heavy atom. The van der Waals surface area contributed by atoms with Gasteiger partial charge in [-0.25, -0.2) is 4.68 Å². The van der Waals surface area contributed by atoms with Crippen LogP contribution in [0.5, 0.6) is 0 Å². The number of benzene rings is 2. The number of carbonyl (C=O) groups excluding carboxylic acids is 6. The van der Waals surface area contributed by atoms with E-state index in [0.29, 0.717) is 5.69 Å². The zero-order chi connectivity index (χ0) is 48.5. The van der Waals surface area contributed by atoms with E-state index in [4.69, 9.17) is 6.42 Å². The molecule has 376 valence electrons. The van der Waals surface area contributed by atoms with Crippen LogP contribution in [0.15, 0.2) is 59.8 Å². The Morgan fingerprint density at radius 1 is 0.786 bits per heavy atom. The van der Waals surface area contributed by atoms with Crippen molar-refractivity contribution in [3.8, 4) is 12.3 Å². The molecule has 20 nitrogen and oxygen atoms in total. The zero-order valence-corrected chi connectivity index (χ0v) is 41.5. The van der Waals surface area contributed by atoms with Crippen LogP contribution in [0.3, 0.4) is 0 Å². The molecule has 0 radical (unpaired) electrons. The van der Waals surface area contributed by atoms with E-state index in [1.165, 1.54) is 9.80 Å². The van der Waals surface area contributed by atoms with E-state index in [1.54, 1.807) is 38.8 Å². The lowest BCUT2D eigenvalue weighted by Crippen LogP contribution is -2.56. The minimum absolute atomic E-state index is 0. The van der Waals surface area contributed by atoms with E-state index < -0.39 is 72.0 Å². The number of rotatable bonds is 17. The maximum atomic E-state index is 14.7. The maximum absolute atomic E-state index is 14.7. The molecule has 3 heterocycles. The number of amides is 6. The fraction of sp³-hybridized carbons (Fsp3) is 0.542. The molecule has 0 saturated carbocycles. The molecule has 10 atom stereocenters. The Balaban J connectivity index is 0.00000456. The number of carbonyl (C=O) groups is 6. The second-order valence-electron chi connectivity index (χ2n) is 18.2. The number of terminal acetylenes is 1. The number of azide groups is 1. The Labute approximate surface area is 420 Å². The number of nitrogens with zero attached hydrogens (tertiary/aromatic N) is 8. The van der Waals surface area contributed by atoms with Crippen LogP contribution in [0.4, 0.5) is 0 Å². The fourth-order valence-corrected chi connectivity index (χ4v) is 9.87. The molecule has 0 unspecified atom stereocenters. The first-order valence-electron chi connectivity index (χ1n) is 23.5. The van der Waals surface area contributed by atoms with Crippen LogP contribution < -0.4 is 31.9 Å². The fourth-order valence-electron chi connectivity index (χ4n) is 9.87. The van der Waals surface area contributed by atoms with Crippen LogP contribution in [0, 0.1) is 12.3 Å². The molecule has 6 amide bonds. The molecule has 22 heteroatoms. The first-order valence-corrected chi connectivity index (χ1v) is 23.5. The van der Waals surface area contributed by atoms with E-state index in [9.17, 15) is 34.3 Å². The van der Waals surface area contributed by atoms with Crippen molar-refractivity contribution in [2.24, 2.45) is 5.11 Å². The second-order valence-corrected chi connectivity index (χ2v) is 18.2. The van der Waals surface area contributed by atoms with Crippen molar-refractivity contribution >= 4 is 60.3 Å². The van der Waals surface area contributed by atoms with Gasteiger partial charge in [-0.1, -0.05) is 58.9 Å². The molecule has 7 rings (SSSR count). The van der Waals surface area contributed by atoms with E-state index in [0.717, 1.165) is 60.8 Å². The minimum Gasteiger partial charge on any atom is -0.347 e. The molecule has 0 spiro atoms. The molecule has 6 N–H and O–H groups in total. The van der Waals surface area contributed by atoms with Crippen molar-refractivity contribution in [3.05, 3.63) is 93.1 Å². The number of hydrogen-bond donors (Lipinski definition) is 6. The van der Waals surface area contributed by atoms with Crippen LogP contribution in [-0.2, 0) is 48.0 Å². The third-order valence-corrected chi connectivity index (χ3v) is 13.9. The highest BCUT2D eigenvalue weighted by molar-refractivity contribution is 5.95. The van der Waals surface area contributed by atoms with E-state index >= 15 is 0 Å². The van der Waals surface area contributed by atoms with Gasteiger partial charge >= 0.3 is 0 Å². The number of nitrogens with one attached hydrogen (secondary N) is 6. The number of likely N-dealkylation sites (N-methyl/N-ethyl adjacent to an activating group) is 2. The summed E-state index contributed by atoms with van der Waals surface area (Å²) in [4.78, 5) is 89.9. The summed E-state index contributed by atoms with van der Waals surface area (Å²) in [5.41, 5.74) is 14.1. The van der Waals surface area contributed by atoms with E-state index in [-0.39, 0.29) is 87.5 Å². The highest BCUT2D eigenvalue weighted by Crippen LogP contribution is 2.34. The quantitative estimate of drug-likeness (QED) is 0.0499. The number of fused-ring (bicyclic) bond motifs is 2. The van der Waals surface area contributed by atoms with Crippen molar-refractivity contribution in [1.82, 2.24) is 56.7 Å². The van der Waals surface area contributed by atoms with Crippen molar-refractivity contribution < 1.29 is 28.8 Å². The van der Waals surface area contributed by atoms with Gasteiger partial charge in [0, 0.05) is 43.5 Å². The number of likely N-dealkylation sites (tertiary alicyclic amines) is 2. The molecule has 2 saturated heterocycles. The van der Waals surface area contributed by atoms with Gasteiger partial charge in [-0.3, -0.25) is 28.8 Å². The molecule has 2 aromatic carbocycles. The molecular formula is C48H64Cl2N14O6. The Kier molecular flexibility index (Phi) is 19.6. The summed E-state index contributed by atoms with van der Waals surface area (Å²) in [5, 5.41) is 30.4. The van der Waals surface area contributed by atoms with Crippen LogP contribution in [-0.4, -0.2) is 130 Å². The average Bonchev–Trinajstić information content (AvgIpc) is 4.12. The van der Waals surface area contributed by atoms with Gasteiger partial charge in [0.05, 0.1) is 41.9 Å². The lowest BCUT2D eigenvalue weighted by atomic mass is 9.87. The molecule has 4 aliphatic rings. The number of hydrogen-bond acceptors (Lipinski definition) is 11. The molecule has 0 bridgehead atoms.